The zero-order chi connectivity index (χ0) is 22.3. The molecule has 0 aliphatic carbocycles. The second kappa shape index (κ2) is 10.2. The molecule has 166 valence electrons. The van der Waals surface area contributed by atoms with Crippen molar-refractivity contribution in [3.63, 3.8) is 0 Å². The lowest BCUT2D eigenvalue weighted by Crippen LogP contribution is -2.31. The van der Waals surface area contributed by atoms with Crippen LogP contribution in [0.3, 0.4) is 0 Å². The van der Waals surface area contributed by atoms with E-state index in [0.29, 0.717) is 54.9 Å². The summed E-state index contributed by atoms with van der Waals surface area (Å²) in [6.07, 6.45) is 3.29. The molecule has 0 aromatic heterocycles. The summed E-state index contributed by atoms with van der Waals surface area (Å²) < 4.78 is 42.4. The summed E-state index contributed by atoms with van der Waals surface area (Å²) in [6.45, 7) is 5.01. The lowest BCUT2D eigenvalue weighted by atomic mass is 10.2. The smallest absolute Gasteiger partial charge is 0.232 e. The number of hydrogen-bond donors (Lipinski definition) is 1. The van der Waals surface area contributed by atoms with E-state index in [2.05, 4.69) is 11.9 Å². The summed E-state index contributed by atoms with van der Waals surface area (Å²) in [5.74, 6) is 1.51. The summed E-state index contributed by atoms with van der Waals surface area (Å²) in [4.78, 5) is 12.3. The largest absolute Gasteiger partial charge is 0.489 e. The highest BCUT2D eigenvalue weighted by Gasteiger charge is 2.21. The maximum atomic E-state index is 12.3. The van der Waals surface area contributed by atoms with Crippen LogP contribution in [0.25, 0.3) is 0 Å². The van der Waals surface area contributed by atoms with Gasteiger partial charge in [-0.25, -0.2) is 8.42 Å². The van der Waals surface area contributed by atoms with Crippen LogP contribution in [-0.2, 0) is 14.8 Å². The zero-order valence-electron chi connectivity index (χ0n) is 17.4. The quantitative estimate of drug-likeness (QED) is 0.563. The van der Waals surface area contributed by atoms with E-state index in [-0.39, 0.29) is 18.9 Å². The van der Waals surface area contributed by atoms with Gasteiger partial charge in [-0.05, 0) is 30.7 Å². The summed E-state index contributed by atoms with van der Waals surface area (Å²) in [5, 5.41) is 2.80. The van der Waals surface area contributed by atoms with E-state index >= 15 is 0 Å². The standard InChI is InChI=1S/C22H26N2O6S/c1-3-12-28-19-7-4-6-17(15-19)23-22(25)8-5-11-24(31(2,26)27)18-9-10-20-21(16-18)30-14-13-29-20/h3-4,6-7,9-10,15-16H,1,5,8,11-14H2,2H3,(H,23,25). The SMILES string of the molecule is C=CCOc1cccc(NC(=O)CCCN(c2ccc3c(c2)OCCO3)S(C)(=O)=O)c1. The molecule has 31 heavy (non-hydrogen) atoms. The van der Waals surface area contributed by atoms with Gasteiger partial charge in [0.25, 0.3) is 0 Å². The maximum absolute atomic E-state index is 12.3. The number of fused-ring (bicyclic) bond motifs is 1. The Kier molecular flexibility index (Phi) is 7.41. The number of benzene rings is 2. The van der Waals surface area contributed by atoms with Crippen LogP contribution in [0.1, 0.15) is 12.8 Å². The fourth-order valence-electron chi connectivity index (χ4n) is 3.10. The van der Waals surface area contributed by atoms with Crippen LogP contribution >= 0.6 is 0 Å². The third-order valence-electron chi connectivity index (χ3n) is 4.46. The molecule has 0 spiro atoms. The summed E-state index contributed by atoms with van der Waals surface area (Å²) in [7, 11) is -3.54. The molecule has 0 saturated carbocycles. The number of carbonyl (C=O) groups is 1. The van der Waals surface area contributed by atoms with Crippen molar-refractivity contribution >= 4 is 27.3 Å². The summed E-state index contributed by atoms with van der Waals surface area (Å²) >= 11 is 0. The molecular formula is C22H26N2O6S. The lowest BCUT2D eigenvalue weighted by molar-refractivity contribution is -0.116. The van der Waals surface area contributed by atoms with Crippen molar-refractivity contribution in [3.8, 4) is 17.2 Å². The highest BCUT2D eigenvalue weighted by atomic mass is 32.2. The average molecular weight is 447 g/mol. The molecule has 0 saturated heterocycles. The molecule has 2 aromatic rings. The minimum atomic E-state index is -3.54. The molecule has 9 heteroatoms. The van der Waals surface area contributed by atoms with Crippen LogP contribution in [0.2, 0.25) is 0 Å². The first kappa shape index (κ1) is 22.5. The molecule has 3 rings (SSSR count). The van der Waals surface area contributed by atoms with Crippen molar-refractivity contribution in [2.45, 2.75) is 12.8 Å². The number of nitrogens with one attached hydrogen (secondary N) is 1. The number of amides is 1. The van der Waals surface area contributed by atoms with Crippen LogP contribution in [0.15, 0.2) is 55.1 Å². The number of carbonyl (C=O) groups excluding carboxylic acids is 1. The fourth-order valence-corrected chi connectivity index (χ4v) is 4.06. The zero-order valence-corrected chi connectivity index (χ0v) is 18.2. The van der Waals surface area contributed by atoms with E-state index in [0.717, 1.165) is 6.26 Å². The average Bonchev–Trinajstić information content (AvgIpc) is 2.74. The molecule has 2 aromatic carbocycles. The highest BCUT2D eigenvalue weighted by Crippen LogP contribution is 2.34. The van der Waals surface area contributed by atoms with E-state index in [4.69, 9.17) is 14.2 Å². The van der Waals surface area contributed by atoms with Crippen LogP contribution in [-0.4, -0.2) is 46.9 Å². The third-order valence-corrected chi connectivity index (χ3v) is 5.66. The Labute approximate surface area is 182 Å². The molecule has 1 aliphatic rings. The number of anilines is 2. The molecule has 0 fully saturated rings. The van der Waals surface area contributed by atoms with Crippen LogP contribution in [0, 0.1) is 0 Å². The van der Waals surface area contributed by atoms with Crippen molar-refractivity contribution in [3.05, 3.63) is 55.1 Å². The topological polar surface area (TPSA) is 94.2 Å². The molecule has 0 bridgehead atoms. The van der Waals surface area contributed by atoms with Crippen molar-refractivity contribution in [1.29, 1.82) is 0 Å². The van der Waals surface area contributed by atoms with Gasteiger partial charge in [0.2, 0.25) is 15.9 Å². The van der Waals surface area contributed by atoms with Gasteiger partial charge in [-0.1, -0.05) is 18.7 Å². The first-order valence-corrected chi connectivity index (χ1v) is 11.7. The van der Waals surface area contributed by atoms with E-state index in [9.17, 15) is 13.2 Å². The van der Waals surface area contributed by atoms with Gasteiger partial charge >= 0.3 is 0 Å². The normalized spacial score (nSPS) is 12.7. The highest BCUT2D eigenvalue weighted by molar-refractivity contribution is 7.92. The lowest BCUT2D eigenvalue weighted by Gasteiger charge is -2.25. The van der Waals surface area contributed by atoms with Gasteiger partial charge in [0, 0.05) is 30.8 Å². The van der Waals surface area contributed by atoms with Gasteiger partial charge < -0.3 is 19.5 Å². The Bertz CT molecular complexity index is 1040. The van der Waals surface area contributed by atoms with Crippen molar-refractivity contribution in [1.82, 2.24) is 0 Å². The second-order valence-electron chi connectivity index (χ2n) is 6.94. The van der Waals surface area contributed by atoms with Crippen molar-refractivity contribution < 1.29 is 27.4 Å². The van der Waals surface area contributed by atoms with Crippen molar-refractivity contribution in [2.24, 2.45) is 0 Å². The van der Waals surface area contributed by atoms with Gasteiger partial charge in [-0.2, -0.15) is 0 Å². The summed E-state index contributed by atoms with van der Waals surface area (Å²) in [6, 6.07) is 12.1. The number of sulfonamides is 1. The first-order chi connectivity index (χ1) is 14.9. The molecule has 1 aliphatic heterocycles. The molecule has 1 N–H and O–H groups in total. The molecule has 0 unspecified atom stereocenters. The van der Waals surface area contributed by atoms with Crippen LogP contribution in [0.5, 0.6) is 17.2 Å². The number of ether oxygens (including phenoxy) is 3. The Hall–Kier alpha value is -3.20. The van der Waals surface area contributed by atoms with Crippen molar-refractivity contribution in [2.75, 3.05) is 42.2 Å². The van der Waals surface area contributed by atoms with Gasteiger partial charge in [0.05, 0.1) is 11.9 Å². The third kappa shape index (κ3) is 6.39. The molecule has 8 nitrogen and oxygen atoms in total. The Balaban J connectivity index is 1.59. The molecular weight excluding hydrogens is 420 g/mol. The first-order valence-electron chi connectivity index (χ1n) is 9.88. The Morgan fingerprint density at radius 1 is 1.19 bits per heavy atom. The number of nitrogens with zero attached hydrogens (tertiary/aromatic N) is 1. The molecule has 0 radical (unpaired) electrons. The molecule has 0 atom stereocenters. The van der Waals surface area contributed by atoms with Gasteiger partial charge in [-0.3, -0.25) is 9.10 Å². The number of hydrogen-bond acceptors (Lipinski definition) is 6. The fraction of sp³-hybridized carbons (Fsp3) is 0.318. The van der Waals surface area contributed by atoms with E-state index < -0.39 is 10.0 Å². The number of rotatable bonds is 10. The monoisotopic (exact) mass is 446 g/mol. The van der Waals surface area contributed by atoms with E-state index in [1.54, 1.807) is 48.5 Å². The summed E-state index contributed by atoms with van der Waals surface area (Å²) in [5.41, 5.74) is 1.08. The van der Waals surface area contributed by atoms with Gasteiger partial charge in [0.15, 0.2) is 11.5 Å². The minimum absolute atomic E-state index is 0.161. The maximum Gasteiger partial charge on any atom is 0.232 e. The van der Waals surface area contributed by atoms with Crippen LogP contribution in [0.4, 0.5) is 11.4 Å². The minimum Gasteiger partial charge on any atom is -0.489 e. The Morgan fingerprint density at radius 3 is 2.71 bits per heavy atom. The second-order valence-corrected chi connectivity index (χ2v) is 8.85. The Morgan fingerprint density at radius 2 is 1.97 bits per heavy atom. The molecule has 1 heterocycles. The predicted molar refractivity (Wildman–Crippen MR) is 120 cm³/mol. The van der Waals surface area contributed by atoms with E-state index in [1.165, 1.54) is 4.31 Å². The van der Waals surface area contributed by atoms with Crippen LogP contribution < -0.4 is 23.8 Å². The molecule has 1 amide bonds. The predicted octanol–water partition coefficient (Wildman–Crippen LogP) is 3.21. The van der Waals surface area contributed by atoms with E-state index in [1.807, 2.05) is 0 Å². The van der Waals surface area contributed by atoms with Gasteiger partial charge in [-0.15, -0.1) is 0 Å². The van der Waals surface area contributed by atoms with Gasteiger partial charge in [0.1, 0.15) is 25.6 Å².